The number of aryl methyl sites for hydroxylation is 1. The lowest BCUT2D eigenvalue weighted by Gasteiger charge is -2.11. The van der Waals surface area contributed by atoms with Crippen LogP contribution in [0.3, 0.4) is 0 Å². The Bertz CT molecular complexity index is 363. The number of hydrogen-bond acceptors (Lipinski definition) is 3. The SMILES string of the molecule is CCc1cccnc1CNCCC(=O)N(C)C. The van der Waals surface area contributed by atoms with Gasteiger partial charge < -0.3 is 10.2 Å². The zero-order chi connectivity index (χ0) is 12.7. The molecule has 0 aliphatic rings. The lowest BCUT2D eigenvalue weighted by Crippen LogP contribution is -2.26. The molecule has 0 radical (unpaired) electrons. The first kappa shape index (κ1) is 13.6. The quantitative estimate of drug-likeness (QED) is 0.754. The fraction of sp³-hybridized carbons (Fsp3) is 0.538. The standard InChI is InChI=1S/C13H21N3O/c1-4-11-6-5-8-15-12(11)10-14-9-7-13(17)16(2)3/h5-6,8,14H,4,7,9-10H2,1-3H3. The number of hydrogen-bond donors (Lipinski definition) is 1. The molecule has 4 heteroatoms. The minimum atomic E-state index is 0.147. The van der Waals surface area contributed by atoms with Crippen molar-refractivity contribution in [2.75, 3.05) is 20.6 Å². The summed E-state index contributed by atoms with van der Waals surface area (Å²) in [7, 11) is 3.55. The molecule has 0 fully saturated rings. The molecular weight excluding hydrogens is 214 g/mol. The Morgan fingerprint density at radius 3 is 2.88 bits per heavy atom. The van der Waals surface area contributed by atoms with E-state index < -0.39 is 0 Å². The highest BCUT2D eigenvalue weighted by Crippen LogP contribution is 2.05. The summed E-state index contributed by atoms with van der Waals surface area (Å²) in [6, 6.07) is 4.05. The first-order chi connectivity index (χ1) is 8.15. The topological polar surface area (TPSA) is 45.2 Å². The van der Waals surface area contributed by atoms with E-state index in [4.69, 9.17) is 0 Å². The monoisotopic (exact) mass is 235 g/mol. The molecule has 0 saturated carbocycles. The van der Waals surface area contributed by atoms with Crippen molar-refractivity contribution in [3.63, 3.8) is 0 Å². The highest BCUT2D eigenvalue weighted by Gasteiger charge is 2.04. The summed E-state index contributed by atoms with van der Waals surface area (Å²) in [5, 5.41) is 3.25. The van der Waals surface area contributed by atoms with Gasteiger partial charge in [-0.05, 0) is 18.1 Å². The summed E-state index contributed by atoms with van der Waals surface area (Å²) in [4.78, 5) is 17.3. The van der Waals surface area contributed by atoms with Gasteiger partial charge in [0, 0.05) is 39.8 Å². The van der Waals surface area contributed by atoms with Crippen LogP contribution >= 0.6 is 0 Å². The first-order valence-corrected chi connectivity index (χ1v) is 5.98. The molecule has 1 rings (SSSR count). The van der Waals surface area contributed by atoms with Gasteiger partial charge in [0.25, 0.3) is 0 Å². The number of carbonyl (C=O) groups is 1. The average Bonchev–Trinajstić information content (AvgIpc) is 2.34. The number of carbonyl (C=O) groups excluding carboxylic acids is 1. The molecule has 1 aromatic heterocycles. The minimum absolute atomic E-state index is 0.147. The minimum Gasteiger partial charge on any atom is -0.349 e. The molecule has 0 unspecified atom stereocenters. The largest absolute Gasteiger partial charge is 0.349 e. The third-order valence-corrected chi connectivity index (χ3v) is 2.67. The Morgan fingerprint density at radius 2 is 2.24 bits per heavy atom. The Balaban J connectivity index is 2.33. The summed E-state index contributed by atoms with van der Waals surface area (Å²) in [5.41, 5.74) is 2.34. The summed E-state index contributed by atoms with van der Waals surface area (Å²) in [6.45, 7) is 3.54. The summed E-state index contributed by atoms with van der Waals surface area (Å²) in [5.74, 6) is 0.147. The second kappa shape index (κ2) is 7.01. The number of aromatic nitrogens is 1. The van der Waals surface area contributed by atoms with Gasteiger partial charge in [0.05, 0.1) is 5.69 Å². The molecule has 0 bridgehead atoms. The third kappa shape index (κ3) is 4.53. The van der Waals surface area contributed by atoms with Crippen molar-refractivity contribution in [3.05, 3.63) is 29.6 Å². The smallest absolute Gasteiger partial charge is 0.223 e. The van der Waals surface area contributed by atoms with Crippen molar-refractivity contribution < 1.29 is 4.79 Å². The second-order valence-corrected chi connectivity index (χ2v) is 4.18. The Kier molecular flexibility index (Phi) is 5.63. The second-order valence-electron chi connectivity index (χ2n) is 4.18. The molecule has 1 heterocycles. The van der Waals surface area contributed by atoms with Crippen LogP contribution in [-0.4, -0.2) is 36.4 Å². The fourth-order valence-electron chi connectivity index (χ4n) is 1.58. The zero-order valence-corrected chi connectivity index (χ0v) is 10.9. The maximum absolute atomic E-state index is 11.3. The van der Waals surface area contributed by atoms with E-state index in [1.54, 1.807) is 25.2 Å². The number of rotatable bonds is 6. The van der Waals surface area contributed by atoms with Gasteiger partial charge in [-0.1, -0.05) is 13.0 Å². The van der Waals surface area contributed by atoms with Crippen LogP contribution in [0.4, 0.5) is 0 Å². The maximum Gasteiger partial charge on any atom is 0.223 e. The molecule has 4 nitrogen and oxygen atoms in total. The van der Waals surface area contributed by atoms with E-state index in [1.165, 1.54) is 5.56 Å². The zero-order valence-electron chi connectivity index (χ0n) is 10.9. The van der Waals surface area contributed by atoms with Crippen molar-refractivity contribution in [1.82, 2.24) is 15.2 Å². The summed E-state index contributed by atoms with van der Waals surface area (Å²) < 4.78 is 0. The van der Waals surface area contributed by atoms with Gasteiger partial charge >= 0.3 is 0 Å². The molecule has 0 spiro atoms. The van der Waals surface area contributed by atoms with Crippen LogP contribution in [0.5, 0.6) is 0 Å². The summed E-state index contributed by atoms with van der Waals surface area (Å²) in [6.07, 6.45) is 3.32. The Hall–Kier alpha value is -1.42. The fourth-order valence-corrected chi connectivity index (χ4v) is 1.58. The lowest BCUT2D eigenvalue weighted by molar-refractivity contribution is -0.128. The third-order valence-electron chi connectivity index (χ3n) is 2.67. The van der Waals surface area contributed by atoms with Gasteiger partial charge in [-0.2, -0.15) is 0 Å². The van der Waals surface area contributed by atoms with Gasteiger partial charge in [-0.25, -0.2) is 0 Å². The molecule has 0 saturated heterocycles. The van der Waals surface area contributed by atoms with E-state index in [0.717, 1.165) is 18.7 Å². The highest BCUT2D eigenvalue weighted by atomic mass is 16.2. The Labute approximate surface area is 103 Å². The molecule has 1 aromatic rings. The van der Waals surface area contributed by atoms with Crippen LogP contribution in [-0.2, 0) is 17.8 Å². The number of amides is 1. The number of nitrogens with zero attached hydrogens (tertiary/aromatic N) is 2. The maximum atomic E-state index is 11.3. The molecule has 0 atom stereocenters. The number of pyridine rings is 1. The van der Waals surface area contributed by atoms with Crippen molar-refractivity contribution in [1.29, 1.82) is 0 Å². The van der Waals surface area contributed by atoms with E-state index in [1.807, 2.05) is 6.07 Å². The number of nitrogens with one attached hydrogen (secondary N) is 1. The Morgan fingerprint density at radius 1 is 1.47 bits per heavy atom. The van der Waals surface area contributed by atoms with Crippen molar-refractivity contribution in [3.8, 4) is 0 Å². The van der Waals surface area contributed by atoms with Gasteiger partial charge in [0.1, 0.15) is 0 Å². The van der Waals surface area contributed by atoms with Gasteiger partial charge in [-0.3, -0.25) is 9.78 Å². The van der Waals surface area contributed by atoms with Crippen LogP contribution < -0.4 is 5.32 Å². The van der Waals surface area contributed by atoms with Crippen molar-refractivity contribution >= 4 is 5.91 Å². The van der Waals surface area contributed by atoms with Gasteiger partial charge in [0.15, 0.2) is 0 Å². The van der Waals surface area contributed by atoms with E-state index >= 15 is 0 Å². The predicted octanol–water partition coefficient (Wildman–Crippen LogP) is 1.21. The van der Waals surface area contributed by atoms with E-state index in [2.05, 4.69) is 23.3 Å². The molecule has 0 aliphatic heterocycles. The van der Waals surface area contributed by atoms with E-state index in [0.29, 0.717) is 13.0 Å². The van der Waals surface area contributed by atoms with Crippen LogP contribution in [0.2, 0.25) is 0 Å². The van der Waals surface area contributed by atoms with Crippen LogP contribution in [0, 0.1) is 0 Å². The predicted molar refractivity (Wildman–Crippen MR) is 68.6 cm³/mol. The lowest BCUT2D eigenvalue weighted by atomic mass is 10.1. The summed E-state index contributed by atoms with van der Waals surface area (Å²) >= 11 is 0. The van der Waals surface area contributed by atoms with Gasteiger partial charge in [-0.15, -0.1) is 0 Å². The first-order valence-electron chi connectivity index (χ1n) is 5.98. The van der Waals surface area contributed by atoms with Crippen molar-refractivity contribution in [2.24, 2.45) is 0 Å². The molecule has 0 aromatic carbocycles. The highest BCUT2D eigenvalue weighted by molar-refractivity contribution is 5.75. The van der Waals surface area contributed by atoms with E-state index in [-0.39, 0.29) is 5.91 Å². The normalized spacial score (nSPS) is 10.3. The van der Waals surface area contributed by atoms with Crippen molar-refractivity contribution in [2.45, 2.75) is 26.3 Å². The molecule has 1 N–H and O–H groups in total. The molecule has 17 heavy (non-hydrogen) atoms. The molecule has 94 valence electrons. The van der Waals surface area contributed by atoms with Crippen LogP contribution in [0.1, 0.15) is 24.6 Å². The molecular formula is C13H21N3O. The average molecular weight is 235 g/mol. The van der Waals surface area contributed by atoms with Crippen LogP contribution in [0.15, 0.2) is 18.3 Å². The molecule has 0 aliphatic carbocycles. The van der Waals surface area contributed by atoms with Crippen LogP contribution in [0.25, 0.3) is 0 Å². The van der Waals surface area contributed by atoms with Gasteiger partial charge in [0.2, 0.25) is 5.91 Å². The van der Waals surface area contributed by atoms with E-state index in [9.17, 15) is 4.79 Å². The molecule has 1 amide bonds.